The predicted octanol–water partition coefficient (Wildman–Crippen LogP) is 2.32. The molecular weight excluding hydrogens is 320 g/mol. The van der Waals surface area contributed by atoms with Gasteiger partial charge in [0.05, 0.1) is 22.7 Å². The highest BCUT2D eigenvalue weighted by molar-refractivity contribution is 9.10. The first-order chi connectivity index (χ1) is 8.34. The number of nitrogens with one attached hydrogen (secondary N) is 1. The van der Waals surface area contributed by atoms with Crippen LogP contribution >= 0.6 is 27.5 Å². The van der Waals surface area contributed by atoms with Gasteiger partial charge in [-0.05, 0) is 35.3 Å². The lowest BCUT2D eigenvalue weighted by molar-refractivity contribution is -0.121. The summed E-state index contributed by atoms with van der Waals surface area (Å²) in [6, 6.07) is 1.69. The summed E-state index contributed by atoms with van der Waals surface area (Å²) in [6.45, 7) is 3.76. The molecule has 18 heavy (non-hydrogen) atoms. The summed E-state index contributed by atoms with van der Waals surface area (Å²) in [5, 5.41) is 12.9. The SMILES string of the molecule is CCC(C)(O)CNC(=O)Cc1ncc(Br)cc1Cl. The third kappa shape index (κ3) is 4.92. The number of halogens is 2. The summed E-state index contributed by atoms with van der Waals surface area (Å²) in [5.74, 6) is -0.208. The molecule has 0 spiro atoms. The Morgan fingerprint density at radius 2 is 2.33 bits per heavy atom. The van der Waals surface area contributed by atoms with Crippen LogP contribution < -0.4 is 5.32 Å². The number of carbonyl (C=O) groups excluding carboxylic acids is 1. The highest BCUT2D eigenvalue weighted by Crippen LogP contribution is 2.19. The molecule has 0 saturated heterocycles. The van der Waals surface area contributed by atoms with E-state index in [4.69, 9.17) is 11.6 Å². The zero-order valence-electron chi connectivity index (χ0n) is 10.3. The van der Waals surface area contributed by atoms with Gasteiger partial charge < -0.3 is 10.4 Å². The number of amides is 1. The van der Waals surface area contributed by atoms with Crippen molar-refractivity contribution in [3.05, 3.63) is 27.5 Å². The van der Waals surface area contributed by atoms with Gasteiger partial charge in [0.2, 0.25) is 5.91 Å². The van der Waals surface area contributed by atoms with Crippen molar-refractivity contribution in [2.75, 3.05) is 6.54 Å². The largest absolute Gasteiger partial charge is 0.388 e. The van der Waals surface area contributed by atoms with E-state index in [1.165, 1.54) is 0 Å². The van der Waals surface area contributed by atoms with E-state index in [2.05, 4.69) is 26.2 Å². The second-order valence-electron chi connectivity index (χ2n) is 4.39. The molecular formula is C12H16BrClN2O2. The quantitative estimate of drug-likeness (QED) is 0.868. The van der Waals surface area contributed by atoms with Crippen LogP contribution in [-0.2, 0) is 11.2 Å². The Balaban J connectivity index is 2.55. The van der Waals surface area contributed by atoms with E-state index in [1.54, 1.807) is 19.2 Å². The van der Waals surface area contributed by atoms with Crippen LogP contribution in [0.2, 0.25) is 5.02 Å². The third-order valence-corrected chi connectivity index (χ3v) is 3.40. The van der Waals surface area contributed by atoms with Crippen molar-refractivity contribution in [2.24, 2.45) is 0 Å². The fourth-order valence-electron chi connectivity index (χ4n) is 1.20. The maximum absolute atomic E-state index is 11.7. The van der Waals surface area contributed by atoms with Crippen molar-refractivity contribution >= 4 is 33.4 Å². The Kier molecular flexibility index (Phi) is 5.56. The van der Waals surface area contributed by atoms with Crippen molar-refractivity contribution in [2.45, 2.75) is 32.3 Å². The molecule has 1 heterocycles. The van der Waals surface area contributed by atoms with Crippen molar-refractivity contribution in [1.82, 2.24) is 10.3 Å². The van der Waals surface area contributed by atoms with E-state index in [-0.39, 0.29) is 18.9 Å². The van der Waals surface area contributed by atoms with E-state index in [9.17, 15) is 9.90 Å². The van der Waals surface area contributed by atoms with Crippen LogP contribution in [0.4, 0.5) is 0 Å². The zero-order valence-corrected chi connectivity index (χ0v) is 12.7. The average molecular weight is 336 g/mol. The maximum Gasteiger partial charge on any atom is 0.226 e. The number of nitrogens with zero attached hydrogens (tertiary/aromatic N) is 1. The number of carbonyl (C=O) groups is 1. The lowest BCUT2D eigenvalue weighted by atomic mass is 10.0. The molecule has 1 atom stereocenters. The molecule has 2 N–H and O–H groups in total. The summed E-state index contributed by atoms with van der Waals surface area (Å²) in [4.78, 5) is 15.8. The minimum absolute atomic E-state index is 0.103. The standard InChI is InChI=1S/C12H16BrClN2O2/c1-3-12(2,18)7-16-11(17)5-10-9(14)4-8(13)6-15-10/h4,6,18H,3,5,7H2,1-2H3,(H,16,17). The number of pyridine rings is 1. The van der Waals surface area contributed by atoms with E-state index in [0.717, 1.165) is 4.47 Å². The number of aromatic nitrogens is 1. The van der Waals surface area contributed by atoms with E-state index in [1.807, 2.05) is 6.92 Å². The van der Waals surface area contributed by atoms with Crippen LogP contribution in [0.25, 0.3) is 0 Å². The predicted molar refractivity (Wildman–Crippen MR) is 74.6 cm³/mol. The van der Waals surface area contributed by atoms with Gasteiger partial charge in [-0.15, -0.1) is 0 Å². The zero-order chi connectivity index (χ0) is 13.8. The van der Waals surface area contributed by atoms with Crippen LogP contribution in [0, 0.1) is 0 Å². The van der Waals surface area contributed by atoms with Gasteiger partial charge in [0.1, 0.15) is 0 Å². The molecule has 0 bridgehead atoms. The van der Waals surface area contributed by atoms with Gasteiger partial charge in [0.25, 0.3) is 0 Å². The topological polar surface area (TPSA) is 62.2 Å². The Bertz CT molecular complexity index is 438. The normalized spacial score (nSPS) is 14.1. The molecule has 0 aliphatic rings. The van der Waals surface area contributed by atoms with Crippen LogP contribution in [0.5, 0.6) is 0 Å². The molecule has 1 aromatic heterocycles. The van der Waals surface area contributed by atoms with Gasteiger partial charge in [-0.2, -0.15) is 0 Å². The Hall–Kier alpha value is -0.650. The van der Waals surface area contributed by atoms with Crippen molar-refractivity contribution < 1.29 is 9.90 Å². The van der Waals surface area contributed by atoms with Crippen molar-refractivity contribution in [3.63, 3.8) is 0 Å². The number of rotatable bonds is 5. The molecule has 0 saturated carbocycles. The van der Waals surface area contributed by atoms with Gasteiger partial charge in [0.15, 0.2) is 0 Å². The molecule has 1 amide bonds. The van der Waals surface area contributed by atoms with E-state index < -0.39 is 5.60 Å². The van der Waals surface area contributed by atoms with Gasteiger partial charge in [-0.3, -0.25) is 9.78 Å². The minimum atomic E-state index is -0.882. The summed E-state index contributed by atoms with van der Waals surface area (Å²) in [7, 11) is 0. The van der Waals surface area contributed by atoms with Crippen LogP contribution in [-0.4, -0.2) is 28.1 Å². The summed E-state index contributed by atoms with van der Waals surface area (Å²) in [5.41, 5.74) is -0.361. The molecule has 1 unspecified atom stereocenters. The van der Waals surface area contributed by atoms with E-state index in [0.29, 0.717) is 17.1 Å². The Morgan fingerprint density at radius 3 is 2.89 bits per heavy atom. The first-order valence-electron chi connectivity index (χ1n) is 5.63. The molecule has 0 aliphatic carbocycles. The lowest BCUT2D eigenvalue weighted by Crippen LogP contribution is -2.40. The number of aliphatic hydroxyl groups is 1. The summed E-state index contributed by atoms with van der Waals surface area (Å²) >= 11 is 9.22. The molecule has 0 radical (unpaired) electrons. The molecule has 6 heteroatoms. The molecule has 4 nitrogen and oxygen atoms in total. The Labute approximate surface area is 120 Å². The number of hydrogen-bond donors (Lipinski definition) is 2. The maximum atomic E-state index is 11.7. The first kappa shape index (κ1) is 15.4. The molecule has 0 aliphatic heterocycles. The average Bonchev–Trinajstić information content (AvgIpc) is 2.30. The minimum Gasteiger partial charge on any atom is -0.388 e. The van der Waals surface area contributed by atoms with Crippen LogP contribution in [0.15, 0.2) is 16.7 Å². The van der Waals surface area contributed by atoms with Gasteiger partial charge >= 0.3 is 0 Å². The Morgan fingerprint density at radius 1 is 1.67 bits per heavy atom. The molecule has 1 rings (SSSR count). The van der Waals surface area contributed by atoms with Gasteiger partial charge in [0, 0.05) is 17.2 Å². The smallest absolute Gasteiger partial charge is 0.226 e. The van der Waals surface area contributed by atoms with Crippen LogP contribution in [0.3, 0.4) is 0 Å². The monoisotopic (exact) mass is 334 g/mol. The van der Waals surface area contributed by atoms with Gasteiger partial charge in [-0.25, -0.2) is 0 Å². The highest BCUT2D eigenvalue weighted by Gasteiger charge is 2.18. The summed E-state index contributed by atoms with van der Waals surface area (Å²) < 4.78 is 0.769. The third-order valence-electron chi connectivity index (χ3n) is 2.64. The van der Waals surface area contributed by atoms with Gasteiger partial charge in [-0.1, -0.05) is 18.5 Å². The molecule has 1 aromatic rings. The molecule has 0 fully saturated rings. The molecule has 0 aromatic carbocycles. The van der Waals surface area contributed by atoms with Crippen molar-refractivity contribution in [1.29, 1.82) is 0 Å². The molecule has 100 valence electrons. The lowest BCUT2D eigenvalue weighted by Gasteiger charge is -2.21. The van der Waals surface area contributed by atoms with Crippen molar-refractivity contribution in [3.8, 4) is 0 Å². The highest BCUT2D eigenvalue weighted by atomic mass is 79.9. The second kappa shape index (κ2) is 6.50. The second-order valence-corrected chi connectivity index (χ2v) is 5.71. The fourth-order valence-corrected chi connectivity index (χ4v) is 1.90. The first-order valence-corrected chi connectivity index (χ1v) is 6.80. The van der Waals surface area contributed by atoms with Crippen LogP contribution in [0.1, 0.15) is 26.0 Å². The summed E-state index contributed by atoms with van der Waals surface area (Å²) in [6.07, 6.45) is 2.27. The fraction of sp³-hybridized carbons (Fsp3) is 0.500. The van der Waals surface area contributed by atoms with E-state index >= 15 is 0 Å². The number of hydrogen-bond acceptors (Lipinski definition) is 3.